The van der Waals surface area contributed by atoms with Gasteiger partial charge in [0, 0.05) is 24.0 Å². The summed E-state index contributed by atoms with van der Waals surface area (Å²) >= 11 is 4.70. The van der Waals surface area contributed by atoms with Crippen molar-refractivity contribution in [1.29, 1.82) is 0 Å². The number of nitrogens with two attached hydrogens (primary N) is 1. The van der Waals surface area contributed by atoms with Gasteiger partial charge in [-0.1, -0.05) is 0 Å². The van der Waals surface area contributed by atoms with Crippen LogP contribution in [0.1, 0.15) is 24.6 Å². The van der Waals surface area contributed by atoms with Crippen molar-refractivity contribution in [2.75, 3.05) is 6.54 Å². The first-order valence-corrected chi connectivity index (χ1v) is 8.52. The first-order chi connectivity index (χ1) is 7.96. The van der Waals surface area contributed by atoms with Gasteiger partial charge in [-0.25, -0.2) is 8.42 Å². The van der Waals surface area contributed by atoms with Crippen LogP contribution in [0.5, 0.6) is 0 Å². The summed E-state index contributed by atoms with van der Waals surface area (Å²) in [4.78, 5) is 1.24. The van der Waals surface area contributed by atoms with Gasteiger partial charge in [0.2, 0.25) is 10.0 Å². The van der Waals surface area contributed by atoms with Crippen LogP contribution in [-0.4, -0.2) is 25.3 Å². The maximum Gasteiger partial charge on any atom is 0.245 e. The molecule has 2 rings (SSSR count). The highest BCUT2D eigenvalue weighted by Crippen LogP contribution is 2.35. The zero-order valence-corrected chi connectivity index (χ0v) is 12.7. The molecule has 1 aliphatic rings. The molecule has 1 aromatic rings. The van der Waals surface area contributed by atoms with E-state index >= 15 is 0 Å². The standard InChI is InChI=1S/C10H15BrN2O2S2/c1-7-3-2-4-13(7)17(14,15)9-5-8(6-12)16-10(9)11/h5,7H,2-4,6,12H2,1H3. The van der Waals surface area contributed by atoms with Gasteiger partial charge in [0.05, 0.1) is 3.79 Å². The van der Waals surface area contributed by atoms with Crippen molar-refractivity contribution >= 4 is 37.3 Å². The number of rotatable bonds is 3. The predicted octanol–water partition coefficient (Wildman–Crippen LogP) is 2.14. The van der Waals surface area contributed by atoms with Gasteiger partial charge in [-0.15, -0.1) is 11.3 Å². The number of hydrogen-bond donors (Lipinski definition) is 1. The lowest BCUT2D eigenvalue weighted by Gasteiger charge is -2.20. The van der Waals surface area contributed by atoms with Crippen LogP contribution in [-0.2, 0) is 16.6 Å². The van der Waals surface area contributed by atoms with Crippen LogP contribution < -0.4 is 5.73 Å². The third kappa shape index (κ3) is 2.44. The lowest BCUT2D eigenvalue weighted by molar-refractivity contribution is 0.408. The molecular formula is C10H15BrN2O2S2. The molecule has 0 radical (unpaired) electrons. The second-order valence-electron chi connectivity index (χ2n) is 4.16. The number of nitrogens with zero attached hydrogens (tertiary/aromatic N) is 1. The molecule has 1 fully saturated rings. The number of hydrogen-bond acceptors (Lipinski definition) is 4. The average Bonchev–Trinajstić information content (AvgIpc) is 2.84. The Labute approximate surface area is 114 Å². The molecule has 0 amide bonds. The van der Waals surface area contributed by atoms with Crippen LogP contribution >= 0.6 is 27.3 Å². The van der Waals surface area contributed by atoms with Gasteiger partial charge >= 0.3 is 0 Å². The number of thiophene rings is 1. The Morgan fingerprint density at radius 2 is 2.35 bits per heavy atom. The first-order valence-electron chi connectivity index (χ1n) is 5.47. The van der Waals surface area contributed by atoms with Crippen molar-refractivity contribution in [3.8, 4) is 0 Å². The molecule has 1 atom stereocenters. The number of sulfonamides is 1. The summed E-state index contributed by atoms with van der Waals surface area (Å²) in [6.45, 7) is 2.94. The average molecular weight is 339 g/mol. The monoisotopic (exact) mass is 338 g/mol. The van der Waals surface area contributed by atoms with E-state index in [4.69, 9.17) is 5.73 Å². The van der Waals surface area contributed by atoms with E-state index in [1.807, 2.05) is 6.92 Å². The quantitative estimate of drug-likeness (QED) is 0.918. The lowest BCUT2D eigenvalue weighted by atomic mass is 10.3. The van der Waals surface area contributed by atoms with Gasteiger partial charge in [0.15, 0.2) is 0 Å². The fourth-order valence-electron chi connectivity index (χ4n) is 2.06. The summed E-state index contributed by atoms with van der Waals surface area (Å²) in [5.74, 6) is 0. The van der Waals surface area contributed by atoms with Crippen molar-refractivity contribution in [3.63, 3.8) is 0 Å². The summed E-state index contributed by atoms with van der Waals surface area (Å²) in [5.41, 5.74) is 5.54. The Bertz CT molecular complexity index is 512. The maximum atomic E-state index is 12.5. The van der Waals surface area contributed by atoms with Crippen LogP contribution in [0.4, 0.5) is 0 Å². The van der Waals surface area contributed by atoms with E-state index in [-0.39, 0.29) is 6.04 Å². The Balaban J connectivity index is 2.40. The zero-order valence-electron chi connectivity index (χ0n) is 9.52. The highest BCUT2D eigenvalue weighted by atomic mass is 79.9. The SMILES string of the molecule is CC1CCCN1S(=O)(=O)c1cc(CN)sc1Br. The summed E-state index contributed by atoms with van der Waals surface area (Å²) in [6, 6.07) is 1.77. The molecular weight excluding hydrogens is 324 g/mol. The molecule has 7 heteroatoms. The Morgan fingerprint density at radius 3 is 2.82 bits per heavy atom. The fraction of sp³-hybridized carbons (Fsp3) is 0.600. The van der Waals surface area contributed by atoms with Gasteiger partial charge < -0.3 is 5.73 Å². The van der Waals surface area contributed by atoms with E-state index in [0.717, 1.165) is 17.7 Å². The molecule has 1 aromatic heterocycles. The zero-order chi connectivity index (χ0) is 12.6. The van der Waals surface area contributed by atoms with E-state index in [1.54, 1.807) is 10.4 Å². The maximum absolute atomic E-state index is 12.5. The fourth-order valence-corrected chi connectivity index (χ4v) is 6.28. The minimum absolute atomic E-state index is 0.0909. The normalized spacial score (nSPS) is 22.2. The molecule has 1 saturated heterocycles. The van der Waals surface area contributed by atoms with E-state index < -0.39 is 10.0 Å². The Hall–Kier alpha value is 0.0500. The van der Waals surface area contributed by atoms with Crippen LogP contribution in [0.2, 0.25) is 0 Å². The molecule has 1 unspecified atom stereocenters. The Morgan fingerprint density at radius 1 is 1.65 bits per heavy atom. The van der Waals surface area contributed by atoms with E-state index in [9.17, 15) is 8.42 Å². The van der Waals surface area contributed by atoms with E-state index in [2.05, 4.69) is 15.9 Å². The van der Waals surface area contributed by atoms with Crippen molar-refractivity contribution in [3.05, 3.63) is 14.7 Å². The summed E-state index contributed by atoms with van der Waals surface area (Å²) in [6.07, 6.45) is 1.87. The molecule has 2 N–H and O–H groups in total. The number of halogens is 1. The van der Waals surface area contributed by atoms with Crippen LogP contribution in [0.3, 0.4) is 0 Å². The molecule has 0 spiro atoms. The third-order valence-electron chi connectivity index (χ3n) is 2.99. The van der Waals surface area contributed by atoms with Crippen LogP contribution in [0.15, 0.2) is 14.7 Å². The predicted molar refractivity (Wildman–Crippen MR) is 72.5 cm³/mol. The summed E-state index contributed by atoms with van der Waals surface area (Å²) in [7, 11) is -3.37. The largest absolute Gasteiger partial charge is 0.326 e. The Kier molecular flexibility index (Phi) is 3.94. The first kappa shape index (κ1) is 13.5. The highest BCUT2D eigenvalue weighted by Gasteiger charge is 2.34. The molecule has 17 heavy (non-hydrogen) atoms. The van der Waals surface area contributed by atoms with Crippen molar-refractivity contribution in [1.82, 2.24) is 4.31 Å². The smallest absolute Gasteiger partial charge is 0.245 e. The molecule has 1 aliphatic heterocycles. The van der Waals surface area contributed by atoms with Crippen molar-refractivity contribution in [2.45, 2.75) is 37.2 Å². The van der Waals surface area contributed by atoms with Crippen molar-refractivity contribution in [2.24, 2.45) is 5.73 Å². The molecule has 2 heterocycles. The third-order valence-corrected chi connectivity index (χ3v) is 7.27. The molecule has 0 aliphatic carbocycles. The molecule has 0 bridgehead atoms. The van der Waals surface area contributed by atoms with Gasteiger partial charge in [-0.05, 0) is 41.8 Å². The summed E-state index contributed by atoms with van der Waals surface area (Å²) < 4.78 is 27.1. The topological polar surface area (TPSA) is 63.4 Å². The van der Waals surface area contributed by atoms with Gasteiger partial charge in [-0.3, -0.25) is 0 Å². The highest BCUT2D eigenvalue weighted by molar-refractivity contribution is 9.11. The van der Waals surface area contributed by atoms with Gasteiger partial charge in [-0.2, -0.15) is 4.31 Å². The molecule has 0 aromatic carbocycles. The van der Waals surface area contributed by atoms with Gasteiger partial charge in [0.1, 0.15) is 4.90 Å². The van der Waals surface area contributed by atoms with E-state index in [0.29, 0.717) is 21.8 Å². The minimum Gasteiger partial charge on any atom is -0.326 e. The van der Waals surface area contributed by atoms with Crippen LogP contribution in [0, 0.1) is 0 Å². The van der Waals surface area contributed by atoms with E-state index in [1.165, 1.54) is 11.3 Å². The van der Waals surface area contributed by atoms with Gasteiger partial charge in [0.25, 0.3) is 0 Å². The molecule has 4 nitrogen and oxygen atoms in total. The van der Waals surface area contributed by atoms with Crippen LogP contribution in [0.25, 0.3) is 0 Å². The molecule has 96 valence electrons. The molecule has 0 saturated carbocycles. The van der Waals surface area contributed by atoms with Crippen molar-refractivity contribution < 1.29 is 8.42 Å². The summed E-state index contributed by atoms with van der Waals surface area (Å²) in [5, 5.41) is 0. The minimum atomic E-state index is -3.37. The second-order valence-corrected chi connectivity index (χ2v) is 8.48. The second kappa shape index (κ2) is 4.97. The lowest BCUT2D eigenvalue weighted by Crippen LogP contribution is -2.33.